The molecule has 0 unspecified atom stereocenters. The van der Waals surface area contributed by atoms with Crippen LogP contribution in [0.5, 0.6) is 0 Å². The summed E-state index contributed by atoms with van der Waals surface area (Å²) < 4.78 is 9.53. The molecule has 3 amide bonds. The molecule has 12 heteroatoms. The molecule has 218 valence electrons. The van der Waals surface area contributed by atoms with Gasteiger partial charge in [0.25, 0.3) is 0 Å². The second-order valence-corrected chi connectivity index (χ2v) is 10.1. The Morgan fingerprint density at radius 1 is 0.821 bits per heavy atom. The highest BCUT2D eigenvalue weighted by molar-refractivity contribution is 6.02. The predicted molar refractivity (Wildman–Crippen MR) is 147 cm³/mol. The van der Waals surface area contributed by atoms with Crippen LogP contribution >= 0.6 is 0 Å². The largest absolute Gasteiger partial charge is 0.465 e. The summed E-state index contributed by atoms with van der Waals surface area (Å²) in [6, 6.07) is 1.48. The Bertz CT molecular complexity index is 978. The smallest absolute Gasteiger partial charge is 0.337 e. The topological polar surface area (TPSA) is 192 Å². The summed E-state index contributed by atoms with van der Waals surface area (Å²) in [6.07, 6.45) is 1.79. The fourth-order valence-electron chi connectivity index (χ4n) is 3.71. The molecule has 0 aromatic heterocycles. The van der Waals surface area contributed by atoms with E-state index in [0.29, 0.717) is 32.2 Å². The lowest BCUT2D eigenvalue weighted by molar-refractivity contribution is -0.135. The summed E-state index contributed by atoms with van der Waals surface area (Å²) in [5, 5.41) is 8.06. The molecule has 0 heterocycles. The zero-order chi connectivity index (χ0) is 29.7. The number of imide groups is 1. The van der Waals surface area contributed by atoms with Crippen LogP contribution in [0, 0.1) is 11.8 Å². The number of esters is 2. The molecule has 0 aliphatic heterocycles. The number of anilines is 1. The van der Waals surface area contributed by atoms with Gasteiger partial charge in [0.2, 0.25) is 17.7 Å². The number of hydrogen-bond donors (Lipinski definition) is 5. The molecule has 0 fully saturated rings. The summed E-state index contributed by atoms with van der Waals surface area (Å²) in [7, 11) is 2.41. The van der Waals surface area contributed by atoms with Gasteiger partial charge in [-0.3, -0.25) is 19.7 Å². The van der Waals surface area contributed by atoms with Crippen molar-refractivity contribution in [2.45, 2.75) is 71.5 Å². The van der Waals surface area contributed by atoms with E-state index in [-0.39, 0.29) is 28.7 Å². The van der Waals surface area contributed by atoms with Gasteiger partial charge in [0, 0.05) is 5.69 Å². The maximum absolute atomic E-state index is 13.3. The Hall–Kier alpha value is -3.51. The number of nitrogens with one attached hydrogen (secondary N) is 3. The summed E-state index contributed by atoms with van der Waals surface area (Å²) in [5.41, 5.74) is 12.0. The Balaban J connectivity index is 3.23. The molecular weight excluding hydrogens is 506 g/mol. The van der Waals surface area contributed by atoms with Gasteiger partial charge in [-0.25, -0.2) is 9.59 Å². The van der Waals surface area contributed by atoms with Crippen LogP contribution in [0.4, 0.5) is 5.69 Å². The highest BCUT2D eigenvalue weighted by Crippen LogP contribution is 2.19. The van der Waals surface area contributed by atoms with Crippen LogP contribution in [0.25, 0.3) is 0 Å². The Kier molecular flexibility index (Phi) is 14.1. The van der Waals surface area contributed by atoms with E-state index >= 15 is 0 Å². The normalized spacial score (nSPS) is 13.3. The first-order valence-electron chi connectivity index (χ1n) is 13.0. The Labute approximate surface area is 229 Å². The molecule has 0 aliphatic carbocycles. The minimum Gasteiger partial charge on any atom is -0.465 e. The third kappa shape index (κ3) is 11.0. The van der Waals surface area contributed by atoms with Crippen molar-refractivity contribution in [3.63, 3.8) is 0 Å². The Morgan fingerprint density at radius 2 is 1.36 bits per heavy atom. The number of hydrogen-bond acceptors (Lipinski definition) is 10. The van der Waals surface area contributed by atoms with Crippen LogP contribution in [-0.4, -0.2) is 68.6 Å². The van der Waals surface area contributed by atoms with Crippen LogP contribution in [-0.2, 0) is 23.9 Å². The molecule has 0 radical (unpaired) electrons. The second kappa shape index (κ2) is 16.5. The molecule has 1 rings (SSSR count). The van der Waals surface area contributed by atoms with Gasteiger partial charge in [-0.2, -0.15) is 0 Å². The fraction of sp³-hybridized carbons (Fsp3) is 0.593. The number of carbonyl (C=O) groups excluding carboxylic acids is 5. The summed E-state index contributed by atoms with van der Waals surface area (Å²) in [4.78, 5) is 63.2. The lowest BCUT2D eigenvalue weighted by atomic mass is 10.00. The first kappa shape index (κ1) is 33.5. The van der Waals surface area contributed by atoms with E-state index in [1.165, 1.54) is 32.4 Å². The molecule has 7 N–H and O–H groups in total. The van der Waals surface area contributed by atoms with Crippen molar-refractivity contribution in [1.29, 1.82) is 0 Å². The standard InChI is InChI=1S/C27H43N5O7/c1-15(2)11-21(31-25(35)22(29)16(3)4)24(34)32-23(33)20(9-7-8-10-28)30-19-13-17(26(36)38-5)12-18(14-19)27(37)39-6/h12-16,20-22,30H,7-11,28-29H2,1-6H3,(H,31,35)(H,32,33,34)/t20-,21-,22+/m0/s1. The molecule has 39 heavy (non-hydrogen) atoms. The summed E-state index contributed by atoms with van der Waals surface area (Å²) >= 11 is 0. The number of rotatable bonds is 15. The van der Waals surface area contributed by atoms with Gasteiger partial charge >= 0.3 is 11.9 Å². The third-order valence-corrected chi connectivity index (χ3v) is 5.99. The number of amides is 3. The van der Waals surface area contributed by atoms with Crippen LogP contribution in [0.3, 0.4) is 0 Å². The van der Waals surface area contributed by atoms with Crippen LogP contribution < -0.4 is 27.4 Å². The van der Waals surface area contributed by atoms with Crippen LogP contribution in [0.1, 0.15) is 74.1 Å². The summed E-state index contributed by atoms with van der Waals surface area (Å²) in [6.45, 7) is 7.78. The highest BCUT2D eigenvalue weighted by atomic mass is 16.5. The van der Waals surface area contributed by atoms with Gasteiger partial charge < -0.3 is 31.6 Å². The Morgan fingerprint density at radius 3 is 1.82 bits per heavy atom. The van der Waals surface area contributed by atoms with Crippen molar-refractivity contribution in [2.24, 2.45) is 23.3 Å². The number of benzene rings is 1. The molecule has 0 saturated heterocycles. The molecule has 0 spiro atoms. The van der Waals surface area contributed by atoms with E-state index < -0.39 is 47.8 Å². The van der Waals surface area contributed by atoms with Crippen molar-refractivity contribution in [1.82, 2.24) is 10.6 Å². The zero-order valence-corrected chi connectivity index (χ0v) is 23.7. The maximum Gasteiger partial charge on any atom is 0.337 e. The maximum atomic E-state index is 13.3. The van der Waals surface area contributed by atoms with Crippen molar-refractivity contribution >= 4 is 35.3 Å². The molecule has 3 atom stereocenters. The van der Waals surface area contributed by atoms with Crippen molar-refractivity contribution in [3.8, 4) is 0 Å². The molecule has 1 aromatic carbocycles. The lowest BCUT2D eigenvalue weighted by Crippen LogP contribution is -2.55. The molecule has 0 bridgehead atoms. The van der Waals surface area contributed by atoms with Crippen molar-refractivity contribution in [3.05, 3.63) is 29.3 Å². The molecular formula is C27H43N5O7. The predicted octanol–water partition coefficient (Wildman–Crippen LogP) is 1.33. The van der Waals surface area contributed by atoms with Gasteiger partial charge in [-0.15, -0.1) is 0 Å². The third-order valence-electron chi connectivity index (χ3n) is 5.99. The number of unbranched alkanes of at least 4 members (excludes halogenated alkanes) is 1. The fourth-order valence-corrected chi connectivity index (χ4v) is 3.71. The van der Waals surface area contributed by atoms with Gasteiger partial charge in [0.1, 0.15) is 12.1 Å². The number of carbonyl (C=O) groups is 5. The average molecular weight is 550 g/mol. The molecule has 0 saturated carbocycles. The summed E-state index contributed by atoms with van der Waals surface area (Å²) in [5.74, 6) is -3.25. The quantitative estimate of drug-likeness (QED) is 0.157. The SMILES string of the molecule is COC(=O)c1cc(N[C@@H](CCCCN)C(=O)NC(=O)[C@H](CC(C)C)NC(=O)[C@H](N)C(C)C)cc(C(=O)OC)c1. The van der Waals surface area contributed by atoms with Crippen molar-refractivity contribution in [2.75, 3.05) is 26.1 Å². The monoisotopic (exact) mass is 549 g/mol. The second-order valence-electron chi connectivity index (χ2n) is 10.1. The van der Waals surface area contributed by atoms with Gasteiger partial charge in [-0.1, -0.05) is 27.7 Å². The lowest BCUT2D eigenvalue weighted by Gasteiger charge is -2.25. The van der Waals surface area contributed by atoms with E-state index in [1.54, 1.807) is 13.8 Å². The van der Waals surface area contributed by atoms with Crippen LogP contribution in [0.2, 0.25) is 0 Å². The molecule has 0 aliphatic rings. The van der Waals surface area contributed by atoms with E-state index in [1.807, 2.05) is 13.8 Å². The van der Waals surface area contributed by atoms with E-state index in [2.05, 4.69) is 16.0 Å². The van der Waals surface area contributed by atoms with Gasteiger partial charge in [0.05, 0.1) is 31.4 Å². The first-order chi connectivity index (χ1) is 18.3. The van der Waals surface area contributed by atoms with E-state index in [4.69, 9.17) is 20.9 Å². The van der Waals surface area contributed by atoms with Crippen molar-refractivity contribution < 1.29 is 33.4 Å². The zero-order valence-electron chi connectivity index (χ0n) is 23.7. The molecule has 1 aromatic rings. The first-order valence-corrected chi connectivity index (χ1v) is 13.0. The minimum atomic E-state index is -0.968. The average Bonchev–Trinajstić information content (AvgIpc) is 2.89. The van der Waals surface area contributed by atoms with E-state index in [0.717, 1.165) is 0 Å². The van der Waals surface area contributed by atoms with Crippen LogP contribution in [0.15, 0.2) is 18.2 Å². The number of nitrogens with two attached hydrogens (primary N) is 2. The highest BCUT2D eigenvalue weighted by Gasteiger charge is 2.29. The molecule has 12 nitrogen and oxygen atoms in total. The number of ether oxygens (including phenoxy) is 2. The van der Waals surface area contributed by atoms with E-state index in [9.17, 15) is 24.0 Å². The minimum absolute atomic E-state index is 0.0442. The van der Waals surface area contributed by atoms with Gasteiger partial charge in [0.15, 0.2) is 0 Å². The number of methoxy groups -OCH3 is 2. The van der Waals surface area contributed by atoms with Gasteiger partial charge in [-0.05, 0) is 62.3 Å².